The average Bonchev–Trinajstić information content (AvgIpc) is 3.25. The summed E-state index contributed by atoms with van der Waals surface area (Å²) in [5.41, 5.74) is -0.617. The summed E-state index contributed by atoms with van der Waals surface area (Å²) in [6.45, 7) is 14.2. The van der Waals surface area contributed by atoms with Crippen molar-refractivity contribution >= 4 is 36.8 Å². The molecule has 0 bridgehead atoms. The minimum Gasteiger partial charge on any atom is -0.300 e. The molecule has 0 aliphatic carbocycles. The van der Waals surface area contributed by atoms with Gasteiger partial charge in [-0.1, -0.05) is 27.7 Å². The molecule has 2 heterocycles. The van der Waals surface area contributed by atoms with Gasteiger partial charge in [-0.25, -0.2) is 9.59 Å². The second-order valence-corrected chi connectivity index (χ2v) is 12.5. The summed E-state index contributed by atoms with van der Waals surface area (Å²) in [5, 5.41) is 1.26. The summed E-state index contributed by atoms with van der Waals surface area (Å²) in [6, 6.07) is 0. The van der Waals surface area contributed by atoms with Crippen LogP contribution in [0.25, 0.3) is 0 Å². The van der Waals surface area contributed by atoms with E-state index in [-0.39, 0.29) is 33.8 Å². The maximum absolute atomic E-state index is 12.5. The lowest BCUT2D eigenvalue weighted by Gasteiger charge is -2.25. The van der Waals surface area contributed by atoms with Crippen LogP contribution in [0.15, 0.2) is 32.0 Å². The highest BCUT2D eigenvalue weighted by Gasteiger charge is 2.24. The first-order valence-corrected chi connectivity index (χ1v) is 14.1. The van der Waals surface area contributed by atoms with Gasteiger partial charge in [-0.2, -0.15) is 0 Å². The zero-order valence-electron chi connectivity index (χ0n) is 23.2. The third-order valence-corrected chi connectivity index (χ3v) is 7.69. The van der Waals surface area contributed by atoms with Gasteiger partial charge in [0.15, 0.2) is 0 Å². The molecule has 0 spiro atoms. The van der Waals surface area contributed by atoms with Gasteiger partial charge in [0, 0.05) is 64.3 Å². The topological polar surface area (TPSA) is 88.0 Å². The lowest BCUT2D eigenvalue weighted by atomic mass is 9.85. The van der Waals surface area contributed by atoms with Crippen LogP contribution < -0.4 is 11.4 Å². The lowest BCUT2D eigenvalue weighted by Crippen LogP contribution is -2.30. The molecule has 0 fully saturated rings. The molecule has 0 radical (unpaired) electrons. The lowest BCUT2D eigenvalue weighted by molar-refractivity contribution is -0.121. The number of hydrogen-bond donors (Lipinski definition) is 2. The molecule has 0 aromatic carbocycles. The smallest absolute Gasteiger partial charge is 0.300 e. The largest absolute Gasteiger partial charge is 0.329 e. The Hall–Kier alpha value is -1.94. The molecule has 0 saturated carbocycles. The highest BCUT2D eigenvalue weighted by Crippen LogP contribution is 2.27. The van der Waals surface area contributed by atoms with E-state index >= 15 is 0 Å². The Balaban J connectivity index is 1.74. The van der Waals surface area contributed by atoms with E-state index in [2.05, 4.69) is 53.0 Å². The number of thiol groups is 2. The fraction of sp³-hybridized carbons (Fsp3) is 0.704. The van der Waals surface area contributed by atoms with E-state index in [0.717, 1.165) is 0 Å². The van der Waals surface area contributed by atoms with E-state index in [9.17, 15) is 19.2 Å². The van der Waals surface area contributed by atoms with Gasteiger partial charge < -0.3 is 0 Å². The highest BCUT2D eigenvalue weighted by molar-refractivity contribution is 7.80. The number of ketones is 2. The standard InChI is InChI=1S/C27H44N4O4S2/c1-7-28-16-22(36)30(24(28)34)18-26(3,4)14-12-20(32)10-9-11-21(33)13-15-27(5,6)19-31-23(37)17-29(8-2)25(31)35/h16-17,36-37H,7-15,18-19H2,1-6H3. The predicted octanol–water partition coefficient (Wildman–Crippen LogP) is 4.85. The van der Waals surface area contributed by atoms with Crippen LogP contribution >= 0.6 is 25.3 Å². The summed E-state index contributed by atoms with van der Waals surface area (Å²) in [5.74, 6) is 0.291. The van der Waals surface area contributed by atoms with Crippen molar-refractivity contribution < 1.29 is 9.59 Å². The number of carbonyl (C=O) groups is 2. The minimum absolute atomic E-state index is 0.0777. The van der Waals surface area contributed by atoms with Crippen LogP contribution in [-0.2, 0) is 35.8 Å². The van der Waals surface area contributed by atoms with Crippen molar-refractivity contribution in [3.8, 4) is 0 Å². The molecule has 2 aromatic rings. The van der Waals surface area contributed by atoms with Crippen molar-refractivity contribution in [1.29, 1.82) is 0 Å². The Morgan fingerprint density at radius 1 is 0.703 bits per heavy atom. The number of rotatable bonds is 16. The molecule has 2 aromatic heterocycles. The fourth-order valence-electron chi connectivity index (χ4n) is 4.49. The SMILES string of the molecule is CCn1cc(S)n(CC(C)(C)CCC(=O)CCCC(=O)CCC(C)(C)Cn2c(S)cn(CC)c2=O)c1=O. The molecular weight excluding hydrogens is 508 g/mol. The number of imidazole rings is 2. The maximum Gasteiger partial charge on any atom is 0.329 e. The first-order valence-electron chi connectivity index (χ1n) is 13.2. The fourth-order valence-corrected chi connectivity index (χ4v) is 5.08. The molecule has 2 rings (SSSR count). The van der Waals surface area contributed by atoms with E-state index < -0.39 is 0 Å². The van der Waals surface area contributed by atoms with Crippen LogP contribution in [0.2, 0.25) is 0 Å². The molecule has 208 valence electrons. The van der Waals surface area contributed by atoms with Gasteiger partial charge in [0.25, 0.3) is 0 Å². The monoisotopic (exact) mass is 552 g/mol. The number of aromatic nitrogens is 4. The molecule has 8 nitrogen and oxygen atoms in total. The molecular formula is C27H44N4O4S2. The molecule has 0 amide bonds. The number of hydrogen-bond acceptors (Lipinski definition) is 6. The number of aryl methyl sites for hydroxylation is 2. The third kappa shape index (κ3) is 9.09. The maximum atomic E-state index is 12.5. The van der Waals surface area contributed by atoms with Crippen LogP contribution in [0.5, 0.6) is 0 Å². The second kappa shape index (κ2) is 13.2. The van der Waals surface area contributed by atoms with E-state index in [1.54, 1.807) is 30.7 Å². The summed E-state index contributed by atoms with van der Waals surface area (Å²) in [4.78, 5) is 49.9. The van der Waals surface area contributed by atoms with Gasteiger partial charge >= 0.3 is 11.4 Å². The summed E-state index contributed by atoms with van der Waals surface area (Å²) >= 11 is 8.85. The molecule has 0 aliphatic heterocycles. The van der Waals surface area contributed by atoms with Crippen LogP contribution in [0.4, 0.5) is 0 Å². The van der Waals surface area contributed by atoms with E-state index in [0.29, 0.717) is 81.2 Å². The molecule has 0 N–H and O–H groups in total. The molecule has 0 unspecified atom stereocenters. The molecule has 37 heavy (non-hydrogen) atoms. The Morgan fingerprint density at radius 3 is 1.35 bits per heavy atom. The Morgan fingerprint density at radius 2 is 1.05 bits per heavy atom. The van der Waals surface area contributed by atoms with Crippen LogP contribution in [0.3, 0.4) is 0 Å². The number of carbonyl (C=O) groups excluding carboxylic acids is 2. The normalized spacial score (nSPS) is 12.3. The first kappa shape index (κ1) is 31.3. The van der Waals surface area contributed by atoms with Gasteiger partial charge in [0.2, 0.25) is 0 Å². The summed E-state index contributed by atoms with van der Waals surface area (Å²) in [7, 11) is 0. The first-order chi connectivity index (χ1) is 17.2. The average molecular weight is 553 g/mol. The highest BCUT2D eigenvalue weighted by atomic mass is 32.1. The van der Waals surface area contributed by atoms with Gasteiger partial charge in [0.05, 0.1) is 10.1 Å². The van der Waals surface area contributed by atoms with Gasteiger partial charge in [-0.3, -0.25) is 27.9 Å². The van der Waals surface area contributed by atoms with Crippen molar-refractivity contribution in [3.05, 3.63) is 33.4 Å². The van der Waals surface area contributed by atoms with Crippen molar-refractivity contribution in [1.82, 2.24) is 18.3 Å². The zero-order chi connectivity index (χ0) is 28.0. The molecule has 0 atom stereocenters. The Labute approximate surface area is 231 Å². The molecule has 10 heteroatoms. The van der Waals surface area contributed by atoms with Crippen molar-refractivity contribution in [3.63, 3.8) is 0 Å². The van der Waals surface area contributed by atoms with Crippen molar-refractivity contribution in [2.24, 2.45) is 10.8 Å². The molecule has 0 saturated heterocycles. The molecule has 0 aliphatic rings. The van der Waals surface area contributed by atoms with Gasteiger partial charge in [-0.05, 0) is 43.9 Å². The summed E-state index contributed by atoms with van der Waals surface area (Å²) < 4.78 is 6.57. The number of Topliss-reactive ketones (excluding diaryl/α,β-unsaturated/α-hetero) is 2. The van der Waals surface area contributed by atoms with E-state index in [4.69, 9.17) is 0 Å². The van der Waals surface area contributed by atoms with Gasteiger partial charge in [-0.15, -0.1) is 25.3 Å². The predicted molar refractivity (Wildman–Crippen MR) is 153 cm³/mol. The Kier molecular flexibility index (Phi) is 11.2. The van der Waals surface area contributed by atoms with Crippen LogP contribution in [0, 0.1) is 10.8 Å². The quantitative estimate of drug-likeness (QED) is 0.292. The third-order valence-electron chi connectivity index (χ3n) is 6.98. The van der Waals surface area contributed by atoms with E-state index in [1.165, 1.54) is 0 Å². The van der Waals surface area contributed by atoms with Crippen LogP contribution in [0.1, 0.15) is 86.5 Å². The summed E-state index contributed by atoms with van der Waals surface area (Å²) in [6.07, 6.45) is 6.99. The van der Waals surface area contributed by atoms with Gasteiger partial charge in [0.1, 0.15) is 11.6 Å². The van der Waals surface area contributed by atoms with Crippen molar-refractivity contribution in [2.45, 2.75) is 123 Å². The van der Waals surface area contributed by atoms with E-state index in [1.807, 2.05) is 13.8 Å². The van der Waals surface area contributed by atoms with Crippen molar-refractivity contribution in [2.75, 3.05) is 0 Å². The second-order valence-electron chi connectivity index (χ2n) is 11.5. The van der Waals surface area contributed by atoms with Crippen LogP contribution in [-0.4, -0.2) is 29.8 Å². The Bertz CT molecular complexity index is 1110. The minimum atomic E-state index is -0.231. The zero-order valence-corrected chi connectivity index (χ0v) is 25.0. The number of nitrogens with zero attached hydrogens (tertiary/aromatic N) is 4.